The number of ether oxygens (including phenoxy) is 1. The first-order valence-corrected chi connectivity index (χ1v) is 5.01. The molecule has 1 saturated heterocycles. The van der Waals surface area contributed by atoms with Gasteiger partial charge in [0.15, 0.2) is 0 Å². The molecule has 2 heterocycles. The lowest BCUT2D eigenvalue weighted by atomic mass is 9.89. The maximum atomic E-state index is 6.19. The van der Waals surface area contributed by atoms with Gasteiger partial charge in [-0.05, 0) is 12.8 Å². The van der Waals surface area contributed by atoms with Crippen LogP contribution >= 0.6 is 11.3 Å². The fraction of sp³-hybridized carbons (Fsp3) is 0.625. The minimum absolute atomic E-state index is 0.224. The van der Waals surface area contributed by atoms with Crippen molar-refractivity contribution in [2.75, 3.05) is 13.2 Å². The van der Waals surface area contributed by atoms with Crippen LogP contribution in [0.5, 0.6) is 0 Å². The van der Waals surface area contributed by atoms with Crippen LogP contribution in [0.3, 0.4) is 0 Å². The molecule has 0 spiro atoms. The second kappa shape index (κ2) is 3.12. The summed E-state index contributed by atoms with van der Waals surface area (Å²) in [6.45, 7) is 1.52. The predicted molar refractivity (Wildman–Crippen MR) is 48.0 cm³/mol. The van der Waals surface area contributed by atoms with Crippen molar-refractivity contribution in [3.05, 3.63) is 16.6 Å². The highest BCUT2D eigenvalue weighted by Crippen LogP contribution is 2.28. The van der Waals surface area contributed by atoms with Crippen molar-refractivity contribution in [2.24, 2.45) is 5.73 Å². The molecule has 0 bridgehead atoms. The van der Waals surface area contributed by atoms with E-state index in [4.69, 9.17) is 10.5 Å². The smallest absolute Gasteiger partial charge is 0.0795 e. The van der Waals surface area contributed by atoms with Crippen molar-refractivity contribution in [1.29, 1.82) is 0 Å². The fourth-order valence-corrected chi connectivity index (χ4v) is 2.11. The Labute approximate surface area is 75.6 Å². The zero-order valence-corrected chi connectivity index (χ0v) is 7.64. The van der Waals surface area contributed by atoms with Crippen LogP contribution in [0.15, 0.2) is 10.9 Å². The van der Waals surface area contributed by atoms with E-state index in [1.54, 1.807) is 11.3 Å². The Morgan fingerprint density at radius 1 is 1.50 bits per heavy atom. The molecule has 2 N–H and O–H groups in total. The van der Waals surface area contributed by atoms with Gasteiger partial charge in [0.1, 0.15) is 0 Å². The molecule has 1 aliphatic rings. The van der Waals surface area contributed by atoms with Crippen molar-refractivity contribution in [3.8, 4) is 0 Å². The molecule has 0 aliphatic carbocycles. The van der Waals surface area contributed by atoms with Crippen LogP contribution in [0.2, 0.25) is 0 Å². The van der Waals surface area contributed by atoms with Crippen LogP contribution < -0.4 is 5.73 Å². The normalized spacial score (nSPS) is 22.4. The molecule has 1 aliphatic heterocycles. The molecule has 1 aromatic rings. The molecule has 4 heteroatoms. The van der Waals surface area contributed by atoms with E-state index in [-0.39, 0.29) is 5.54 Å². The highest BCUT2D eigenvalue weighted by molar-refractivity contribution is 7.07. The number of nitrogens with two attached hydrogens (primary N) is 1. The number of hydrogen-bond acceptors (Lipinski definition) is 4. The van der Waals surface area contributed by atoms with Gasteiger partial charge in [-0.2, -0.15) is 0 Å². The molecule has 0 aromatic carbocycles. The molecule has 2 rings (SSSR count). The average Bonchev–Trinajstić information content (AvgIpc) is 2.58. The van der Waals surface area contributed by atoms with Crippen molar-refractivity contribution >= 4 is 11.3 Å². The number of thiazole rings is 1. The summed E-state index contributed by atoms with van der Waals surface area (Å²) >= 11 is 1.60. The van der Waals surface area contributed by atoms with E-state index in [1.807, 2.05) is 10.9 Å². The van der Waals surface area contributed by atoms with Crippen LogP contribution in [0, 0.1) is 0 Å². The topological polar surface area (TPSA) is 48.1 Å². The van der Waals surface area contributed by atoms with Crippen molar-refractivity contribution < 1.29 is 4.74 Å². The molecule has 1 aromatic heterocycles. The third kappa shape index (κ3) is 1.37. The van der Waals surface area contributed by atoms with Gasteiger partial charge in [0.05, 0.1) is 16.7 Å². The van der Waals surface area contributed by atoms with E-state index in [2.05, 4.69) is 4.98 Å². The number of rotatable bonds is 1. The van der Waals surface area contributed by atoms with E-state index >= 15 is 0 Å². The summed E-state index contributed by atoms with van der Waals surface area (Å²) in [7, 11) is 0. The van der Waals surface area contributed by atoms with E-state index in [1.165, 1.54) is 0 Å². The van der Waals surface area contributed by atoms with E-state index < -0.39 is 0 Å². The summed E-state index contributed by atoms with van der Waals surface area (Å²) in [6, 6.07) is 0. The van der Waals surface area contributed by atoms with Crippen LogP contribution in [-0.4, -0.2) is 18.2 Å². The maximum absolute atomic E-state index is 6.19. The quantitative estimate of drug-likeness (QED) is 0.711. The van der Waals surface area contributed by atoms with Gasteiger partial charge in [-0.25, -0.2) is 4.98 Å². The Balaban J connectivity index is 2.19. The number of hydrogen-bond donors (Lipinski definition) is 1. The molecule has 0 radical (unpaired) electrons. The largest absolute Gasteiger partial charge is 0.381 e. The Morgan fingerprint density at radius 3 is 2.83 bits per heavy atom. The van der Waals surface area contributed by atoms with Gasteiger partial charge in [-0.1, -0.05) is 0 Å². The Hall–Kier alpha value is -0.450. The third-order valence-corrected chi connectivity index (χ3v) is 2.91. The molecule has 0 saturated carbocycles. The highest BCUT2D eigenvalue weighted by Gasteiger charge is 2.31. The lowest BCUT2D eigenvalue weighted by Crippen LogP contribution is -2.42. The van der Waals surface area contributed by atoms with Gasteiger partial charge in [0.2, 0.25) is 0 Å². The fourth-order valence-electron chi connectivity index (χ4n) is 1.45. The standard InChI is InChI=1S/C8H12N2OS/c9-8(1-3-11-4-2-8)7-5-12-6-10-7/h5-6H,1-4,9H2. The van der Waals surface area contributed by atoms with Crippen molar-refractivity contribution in [1.82, 2.24) is 4.98 Å². The molecule has 1 fully saturated rings. The molecule has 0 atom stereocenters. The summed E-state index contributed by atoms with van der Waals surface area (Å²) in [5.41, 5.74) is 8.82. The minimum Gasteiger partial charge on any atom is -0.381 e. The van der Waals surface area contributed by atoms with Crippen LogP contribution in [0.25, 0.3) is 0 Å². The van der Waals surface area contributed by atoms with Gasteiger partial charge in [0, 0.05) is 18.6 Å². The lowest BCUT2D eigenvalue weighted by Gasteiger charge is -2.31. The molecular formula is C8H12N2OS. The SMILES string of the molecule is NC1(c2cscn2)CCOCC1. The van der Waals surface area contributed by atoms with Gasteiger partial charge in [-0.15, -0.1) is 11.3 Å². The molecule has 3 nitrogen and oxygen atoms in total. The molecule has 12 heavy (non-hydrogen) atoms. The minimum atomic E-state index is -0.224. The summed E-state index contributed by atoms with van der Waals surface area (Å²) in [4.78, 5) is 4.25. The van der Waals surface area contributed by atoms with Gasteiger partial charge < -0.3 is 10.5 Å². The highest BCUT2D eigenvalue weighted by atomic mass is 32.1. The number of nitrogens with zero attached hydrogens (tertiary/aromatic N) is 1. The van der Waals surface area contributed by atoms with E-state index in [0.717, 1.165) is 31.7 Å². The first-order valence-electron chi connectivity index (χ1n) is 4.07. The maximum Gasteiger partial charge on any atom is 0.0795 e. The predicted octanol–water partition coefficient (Wildman–Crippen LogP) is 1.11. The average molecular weight is 184 g/mol. The lowest BCUT2D eigenvalue weighted by molar-refractivity contribution is 0.0510. The summed E-state index contributed by atoms with van der Waals surface area (Å²) < 4.78 is 5.26. The van der Waals surface area contributed by atoms with Crippen LogP contribution in [-0.2, 0) is 10.3 Å². The summed E-state index contributed by atoms with van der Waals surface area (Å²) in [5, 5.41) is 2.03. The second-order valence-electron chi connectivity index (χ2n) is 3.14. The molecule has 0 unspecified atom stereocenters. The van der Waals surface area contributed by atoms with Gasteiger partial charge in [0.25, 0.3) is 0 Å². The summed E-state index contributed by atoms with van der Waals surface area (Å²) in [6.07, 6.45) is 1.77. The monoisotopic (exact) mass is 184 g/mol. The first kappa shape index (κ1) is 8.16. The van der Waals surface area contributed by atoms with Crippen LogP contribution in [0.4, 0.5) is 0 Å². The Bertz CT molecular complexity index is 242. The van der Waals surface area contributed by atoms with Crippen molar-refractivity contribution in [3.63, 3.8) is 0 Å². The zero-order valence-electron chi connectivity index (χ0n) is 6.82. The molecule has 0 amide bonds. The Kier molecular flexibility index (Phi) is 2.12. The van der Waals surface area contributed by atoms with Gasteiger partial charge >= 0.3 is 0 Å². The van der Waals surface area contributed by atoms with E-state index in [0.29, 0.717) is 0 Å². The Morgan fingerprint density at radius 2 is 2.25 bits per heavy atom. The first-order chi connectivity index (χ1) is 5.81. The summed E-state index contributed by atoms with van der Waals surface area (Å²) in [5.74, 6) is 0. The van der Waals surface area contributed by atoms with Gasteiger partial charge in [-0.3, -0.25) is 0 Å². The molecular weight excluding hydrogens is 172 g/mol. The van der Waals surface area contributed by atoms with E-state index in [9.17, 15) is 0 Å². The number of aromatic nitrogens is 1. The molecule has 66 valence electrons. The zero-order chi connectivity index (χ0) is 8.44. The van der Waals surface area contributed by atoms with Crippen molar-refractivity contribution in [2.45, 2.75) is 18.4 Å². The van der Waals surface area contributed by atoms with Crippen LogP contribution in [0.1, 0.15) is 18.5 Å². The third-order valence-electron chi connectivity index (χ3n) is 2.33. The second-order valence-corrected chi connectivity index (χ2v) is 3.86.